The number of carbonyl (C=O) groups is 1. The van der Waals surface area contributed by atoms with Gasteiger partial charge in [-0.3, -0.25) is 10.1 Å². The maximum atomic E-state index is 13.7. The van der Waals surface area contributed by atoms with Crippen molar-refractivity contribution >= 4 is 5.91 Å². The first-order valence-corrected chi connectivity index (χ1v) is 8.08. The Hall–Kier alpha value is -2.28. The molecule has 4 rings (SSSR count). The Morgan fingerprint density at radius 1 is 1.42 bits per heavy atom. The molecule has 6 nitrogen and oxygen atoms in total. The maximum Gasteiger partial charge on any atom is 0.245 e. The van der Waals surface area contributed by atoms with Gasteiger partial charge in [0.2, 0.25) is 11.8 Å². The number of amides is 1. The minimum Gasteiger partial charge on any atom is -0.343 e. The zero-order valence-electron chi connectivity index (χ0n) is 13.7. The summed E-state index contributed by atoms with van der Waals surface area (Å²) in [5, 5.41) is 7.28. The molecule has 126 valence electrons. The Morgan fingerprint density at radius 3 is 2.92 bits per heavy atom. The second kappa shape index (κ2) is 5.37. The maximum absolute atomic E-state index is 13.7. The number of rotatable bonds is 3. The zero-order valence-corrected chi connectivity index (χ0v) is 13.7. The summed E-state index contributed by atoms with van der Waals surface area (Å²) in [6.07, 6.45) is 1.76. The van der Waals surface area contributed by atoms with Crippen molar-refractivity contribution < 1.29 is 13.7 Å². The van der Waals surface area contributed by atoms with Crippen LogP contribution in [0.15, 0.2) is 22.7 Å². The largest absolute Gasteiger partial charge is 0.343 e. The van der Waals surface area contributed by atoms with Crippen molar-refractivity contribution in [1.82, 2.24) is 20.4 Å². The van der Waals surface area contributed by atoms with Crippen molar-refractivity contribution in [3.63, 3.8) is 0 Å². The number of aromatic nitrogens is 2. The van der Waals surface area contributed by atoms with Gasteiger partial charge < -0.3 is 9.42 Å². The van der Waals surface area contributed by atoms with Crippen LogP contribution in [0.1, 0.15) is 41.7 Å². The molecule has 2 fully saturated rings. The molecule has 1 aromatic carbocycles. The van der Waals surface area contributed by atoms with Gasteiger partial charge in [-0.05, 0) is 43.0 Å². The van der Waals surface area contributed by atoms with Crippen LogP contribution >= 0.6 is 0 Å². The highest BCUT2D eigenvalue weighted by Gasteiger charge is 2.51. The molecule has 1 N–H and O–H groups in total. The van der Waals surface area contributed by atoms with E-state index in [1.165, 1.54) is 6.07 Å². The zero-order chi connectivity index (χ0) is 16.9. The second-order valence-electron chi connectivity index (χ2n) is 6.71. The number of halogens is 1. The fourth-order valence-corrected chi connectivity index (χ4v) is 3.37. The Labute approximate surface area is 139 Å². The molecule has 0 radical (unpaired) electrons. The number of likely N-dealkylation sites (N-methyl/N-ethyl adjacent to an activating group) is 1. The van der Waals surface area contributed by atoms with E-state index in [1.54, 1.807) is 24.1 Å². The molecular formula is C17H19FN4O2. The summed E-state index contributed by atoms with van der Waals surface area (Å²) in [6.45, 7) is 2.72. The summed E-state index contributed by atoms with van der Waals surface area (Å²) in [5.74, 6) is 0.872. The average Bonchev–Trinajstić information content (AvgIpc) is 3.22. The van der Waals surface area contributed by atoms with E-state index < -0.39 is 0 Å². The molecule has 2 aliphatic rings. The number of aryl methyl sites for hydroxylation is 1. The quantitative estimate of drug-likeness (QED) is 0.927. The molecule has 1 saturated heterocycles. The lowest BCUT2D eigenvalue weighted by Gasteiger charge is -2.28. The number of hydrogen-bond donors (Lipinski definition) is 1. The third-order valence-corrected chi connectivity index (χ3v) is 5.01. The van der Waals surface area contributed by atoms with Gasteiger partial charge in [-0.1, -0.05) is 11.2 Å². The van der Waals surface area contributed by atoms with E-state index in [2.05, 4.69) is 15.5 Å². The van der Waals surface area contributed by atoms with Crippen LogP contribution in [-0.2, 0) is 10.2 Å². The molecule has 0 spiro atoms. The lowest BCUT2D eigenvalue weighted by molar-refractivity contribution is -0.131. The molecule has 1 atom stereocenters. The van der Waals surface area contributed by atoms with Gasteiger partial charge in [0.25, 0.3) is 0 Å². The Balaban J connectivity index is 1.63. The van der Waals surface area contributed by atoms with Crippen LogP contribution in [0.2, 0.25) is 0 Å². The standard InChI is InChI=1S/C17H19FN4O2/c1-10-3-4-11(18)7-12(10)17(5-6-17)16-20-15(24-21-16)13-9-22(2)14(23)8-19-13/h3-4,7,13,19H,5-6,8-9H2,1-2H3. The van der Waals surface area contributed by atoms with E-state index in [9.17, 15) is 9.18 Å². The number of carbonyl (C=O) groups excluding carboxylic acids is 1. The molecule has 7 heteroatoms. The van der Waals surface area contributed by atoms with Crippen LogP contribution in [0.5, 0.6) is 0 Å². The SMILES string of the molecule is Cc1ccc(F)cc1C1(c2noc(C3CN(C)C(=O)CN3)n2)CC1. The van der Waals surface area contributed by atoms with E-state index >= 15 is 0 Å². The lowest BCUT2D eigenvalue weighted by atomic mass is 9.91. The number of nitrogens with zero attached hydrogens (tertiary/aromatic N) is 3. The minimum absolute atomic E-state index is 0.0417. The normalized spacial score (nSPS) is 22.7. The highest BCUT2D eigenvalue weighted by molar-refractivity contribution is 5.78. The van der Waals surface area contributed by atoms with E-state index in [4.69, 9.17) is 4.52 Å². The Bertz CT molecular complexity index is 800. The van der Waals surface area contributed by atoms with Crippen molar-refractivity contribution in [3.05, 3.63) is 46.9 Å². The van der Waals surface area contributed by atoms with Crippen molar-refractivity contribution in [2.24, 2.45) is 0 Å². The summed E-state index contributed by atoms with van der Waals surface area (Å²) in [7, 11) is 1.76. The van der Waals surface area contributed by atoms with Crippen LogP contribution in [-0.4, -0.2) is 41.1 Å². The average molecular weight is 330 g/mol. The molecule has 24 heavy (non-hydrogen) atoms. The fourth-order valence-electron chi connectivity index (χ4n) is 3.37. The molecule has 2 heterocycles. The second-order valence-corrected chi connectivity index (χ2v) is 6.71. The first kappa shape index (κ1) is 15.3. The van der Waals surface area contributed by atoms with Gasteiger partial charge in [0.05, 0.1) is 12.0 Å². The van der Waals surface area contributed by atoms with Gasteiger partial charge in [-0.15, -0.1) is 0 Å². The number of benzene rings is 1. The van der Waals surface area contributed by atoms with Crippen molar-refractivity contribution in [3.8, 4) is 0 Å². The predicted octanol–water partition coefficient (Wildman–Crippen LogP) is 1.70. The molecule has 2 aromatic rings. The molecule has 0 bridgehead atoms. The summed E-state index contributed by atoms with van der Waals surface area (Å²) in [4.78, 5) is 17.8. The summed E-state index contributed by atoms with van der Waals surface area (Å²) >= 11 is 0. The van der Waals surface area contributed by atoms with E-state index in [0.717, 1.165) is 24.0 Å². The Kier molecular flexibility index (Phi) is 3.42. The first-order valence-electron chi connectivity index (χ1n) is 8.08. The molecule has 1 aliphatic heterocycles. The molecule has 1 amide bonds. The Morgan fingerprint density at radius 2 is 2.21 bits per heavy atom. The van der Waals surface area contributed by atoms with Crippen molar-refractivity contribution in [1.29, 1.82) is 0 Å². The summed E-state index contributed by atoms with van der Waals surface area (Å²) < 4.78 is 19.1. The molecular weight excluding hydrogens is 311 g/mol. The van der Waals surface area contributed by atoms with E-state index in [1.807, 2.05) is 6.92 Å². The topological polar surface area (TPSA) is 71.3 Å². The van der Waals surface area contributed by atoms with Crippen LogP contribution in [0, 0.1) is 12.7 Å². The fraction of sp³-hybridized carbons (Fsp3) is 0.471. The van der Waals surface area contributed by atoms with Crippen molar-refractivity contribution in [2.45, 2.75) is 31.2 Å². The van der Waals surface area contributed by atoms with Crippen molar-refractivity contribution in [2.75, 3.05) is 20.1 Å². The predicted molar refractivity (Wildman–Crippen MR) is 83.8 cm³/mol. The third-order valence-electron chi connectivity index (χ3n) is 5.01. The highest BCUT2D eigenvalue weighted by atomic mass is 19.1. The number of piperazine rings is 1. The van der Waals surface area contributed by atoms with Gasteiger partial charge in [-0.25, -0.2) is 4.39 Å². The smallest absolute Gasteiger partial charge is 0.245 e. The highest BCUT2D eigenvalue weighted by Crippen LogP contribution is 2.53. The van der Waals surface area contributed by atoms with Gasteiger partial charge in [0.1, 0.15) is 11.9 Å². The van der Waals surface area contributed by atoms with Crippen LogP contribution in [0.25, 0.3) is 0 Å². The summed E-state index contributed by atoms with van der Waals surface area (Å²) in [5.41, 5.74) is 1.62. The third kappa shape index (κ3) is 2.39. The minimum atomic E-state index is -0.343. The lowest BCUT2D eigenvalue weighted by Crippen LogP contribution is -2.47. The monoisotopic (exact) mass is 330 g/mol. The van der Waals surface area contributed by atoms with Crippen LogP contribution < -0.4 is 5.32 Å². The number of hydrogen-bond acceptors (Lipinski definition) is 5. The van der Waals surface area contributed by atoms with Gasteiger partial charge in [-0.2, -0.15) is 4.98 Å². The van der Waals surface area contributed by atoms with Crippen LogP contribution in [0.3, 0.4) is 0 Å². The van der Waals surface area contributed by atoms with E-state index in [0.29, 0.717) is 18.3 Å². The summed E-state index contributed by atoms with van der Waals surface area (Å²) in [6, 6.07) is 4.66. The first-order chi connectivity index (χ1) is 11.5. The van der Waals surface area contributed by atoms with Crippen LogP contribution in [0.4, 0.5) is 4.39 Å². The van der Waals surface area contributed by atoms with E-state index in [-0.39, 0.29) is 29.7 Å². The van der Waals surface area contributed by atoms with Gasteiger partial charge in [0, 0.05) is 13.6 Å². The molecule has 1 aliphatic carbocycles. The molecule has 1 unspecified atom stereocenters. The molecule has 1 aromatic heterocycles. The van der Waals surface area contributed by atoms with Gasteiger partial charge in [0.15, 0.2) is 5.82 Å². The number of nitrogens with one attached hydrogen (secondary N) is 1. The van der Waals surface area contributed by atoms with Gasteiger partial charge >= 0.3 is 0 Å². The molecule has 1 saturated carbocycles.